The second kappa shape index (κ2) is 4.33. The topological polar surface area (TPSA) is 55.3 Å². The molecule has 1 atom stereocenters. The summed E-state index contributed by atoms with van der Waals surface area (Å²) in [6, 6.07) is 0. The van der Waals surface area contributed by atoms with E-state index in [9.17, 15) is 0 Å². The molecule has 2 N–H and O–H groups in total. The van der Waals surface area contributed by atoms with Crippen molar-refractivity contribution in [3.8, 4) is 0 Å². The van der Waals surface area contributed by atoms with Gasteiger partial charge in [-0.15, -0.1) is 0 Å². The third-order valence-electron chi connectivity index (χ3n) is 3.06. The minimum Gasteiger partial charge on any atom is -0.444 e. The van der Waals surface area contributed by atoms with Crippen molar-refractivity contribution in [3.63, 3.8) is 0 Å². The van der Waals surface area contributed by atoms with E-state index in [4.69, 9.17) is 10.2 Å². The molecular formula is C11H19N3O. The van der Waals surface area contributed by atoms with Gasteiger partial charge in [-0.2, -0.15) is 0 Å². The number of nitrogens with zero attached hydrogens (tertiary/aromatic N) is 2. The molecule has 0 aliphatic carbocycles. The van der Waals surface area contributed by atoms with Crippen molar-refractivity contribution in [3.05, 3.63) is 17.3 Å². The number of likely N-dealkylation sites (N-methyl/N-ethyl adjacent to an activating group) is 1. The lowest BCUT2D eigenvalue weighted by Gasteiger charge is -2.28. The van der Waals surface area contributed by atoms with Crippen LogP contribution in [0.2, 0.25) is 0 Å². The van der Waals surface area contributed by atoms with E-state index in [1.165, 1.54) is 19.4 Å². The average Bonchev–Trinajstić information content (AvgIpc) is 2.60. The third-order valence-corrected chi connectivity index (χ3v) is 3.06. The first-order chi connectivity index (χ1) is 7.20. The minimum absolute atomic E-state index is 0.392. The molecule has 4 heteroatoms. The van der Waals surface area contributed by atoms with Gasteiger partial charge in [0.25, 0.3) is 0 Å². The second-order valence-electron chi connectivity index (χ2n) is 4.35. The highest BCUT2D eigenvalue weighted by atomic mass is 16.4. The molecular weight excluding hydrogens is 190 g/mol. The van der Waals surface area contributed by atoms with Crippen molar-refractivity contribution >= 4 is 0 Å². The molecule has 0 radical (unpaired) electrons. The molecule has 1 fully saturated rings. The van der Waals surface area contributed by atoms with Crippen LogP contribution in [0.15, 0.2) is 4.42 Å². The number of oxazole rings is 1. The molecule has 2 rings (SSSR count). The van der Waals surface area contributed by atoms with Gasteiger partial charge in [0.05, 0.1) is 12.2 Å². The summed E-state index contributed by atoms with van der Waals surface area (Å²) in [6.07, 6.45) is 2.45. The fourth-order valence-electron chi connectivity index (χ4n) is 2.32. The molecule has 0 amide bonds. The summed E-state index contributed by atoms with van der Waals surface area (Å²) in [4.78, 5) is 6.82. The summed E-state index contributed by atoms with van der Waals surface area (Å²) in [7, 11) is 2.16. The van der Waals surface area contributed by atoms with Crippen molar-refractivity contribution in [2.75, 3.05) is 20.1 Å². The number of hydrogen-bond donors (Lipinski definition) is 1. The maximum absolute atomic E-state index is 5.52. The number of hydrogen-bond acceptors (Lipinski definition) is 4. The zero-order valence-electron chi connectivity index (χ0n) is 9.49. The van der Waals surface area contributed by atoms with Gasteiger partial charge in [0.15, 0.2) is 0 Å². The van der Waals surface area contributed by atoms with Crippen molar-refractivity contribution in [1.29, 1.82) is 0 Å². The van der Waals surface area contributed by atoms with Gasteiger partial charge in [0.1, 0.15) is 5.76 Å². The Morgan fingerprint density at radius 2 is 2.40 bits per heavy atom. The number of piperidine rings is 1. The molecule has 2 heterocycles. The Labute approximate surface area is 90.5 Å². The molecule has 1 saturated heterocycles. The number of aromatic nitrogens is 1. The van der Waals surface area contributed by atoms with Crippen molar-refractivity contribution < 1.29 is 4.42 Å². The molecule has 84 valence electrons. The number of nitrogens with two attached hydrogens (primary N) is 1. The molecule has 1 aliphatic heterocycles. The van der Waals surface area contributed by atoms with E-state index < -0.39 is 0 Å². The number of aryl methyl sites for hydroxylation is 1. The second-order valence-corrected chi connectivity index (χ2v) is 4.35. The van der Waals surface area contributed by atoms with Crippen molar-refractivity contribution in [2.24, 2.45) is 5.73 Å². The summed E-state index contributed by atoms with van der Waals surface area (Å²) >= 11 is 0. The van der Waals surface area contributed by atoms with E-state index in [1.54, 1.807) is 0 Å². The molecule has 1 aromatic rings. The van der Waals surface area contributed by atoms with Gasteiger partial charge in [-0.3, -0.25) is 0 Å². The van der Waals surface area contributed by atoms with E-state index in [-0.39, 0.29) is 0 Å². The Balaban J connectivity index is 2.16. The Bertz CT molecular complexity index is 335. The van der Waals surface area contributed by atoms with Crippen LogP contribution in [-0.4, -0.2) is 30.0 Å². The van der Waals surface area contributed by atoms with E-state index in [2.05, 4.69) is 16.9 Å². The summed E-state index contributed by atoms with van der Waals surface area (Å²) in [5, 5.41) is 0. The van der Waals surface area contributed by atoms with Gasteiger partial charge in [0, 0.05) is 12.5 Å². The summed E-state index contributed by atoms with van der Waals surface area (Å²) in [5.74, 6) is 2.12. The van der Waals surface area contributed by atoms with E-state index in [0.717, 1.165) is 18.0 Å². The number of rotatable bonds is 2. The third kappa shape index (κ3) is 2.21. The largest absolute Gasteiger partial charge is 0.444 e. The number of likely N-dealkylation sites (tertiary alicyclic amines) is 1. The van der Waals surface area contributed by atoms with Crippen molar-refractivity contribution in [1.82, 2.24) is 9.88 Å². The van der Waals surface area contributed by atoms with E-state index in [0.29, 0.717) is 18.4 Å². The fraction of sp³-hybridized carbons (Fsp3) is 0.727. The zero-order valence-corrected chi connectivity index (χ0v) is 9.49. The van der Waals surface area contributed by atoms with Gasteiger partial charge in [-0.1, -0.05) is 0 Å². The highest BCUT2D eigenvalue weighted by molar-refractivity contribution is 5.15. The lowest BCUT2D eigenvalue weighted by Crippen LogP contribution is -2.31. The quantitative estimate of drug-likeness (QED) is 0.796. The monoisotopic (exact) mass is 209 g/mol. The predicted octanol–water partition coefficient (Wildman–Crippen LogP) is 1.25. The van der Waals surface area contributed by atoms with Crippen LogP contribution < -0.4 is 5.73 Å². The highest BCUT2D eigenvalue weighted by Gasteiger charge is 2.24. The molecule has 0 bridgehead atoms. The van der Waals surface area contributed by atoms with Crippen LogP contribution in [0.25, 0.3) is 0 Å². The van der Waals surface area contributed by atoms with Crippen LogP contribution >= 0.6 is 0 Å². The molecule has 15 heavy (non-hydrogen) atoms. The van der Waals surface area contributed by atoms with Gasteiger partial charge < -0.3 is 15.1 Å². The SMILES string of the molecule is Cc1oc(CN)nc1C1CCCN(C)C1. The van der Waals surface area contributed by atoms with Crippen LogP contribution in [0.1, 0.15) is 36.1 Å². The molecule has 4 nitrogen and oxygen atoms in total. The standard InChI is InChI=1S/C11H19N3O/c1-8-11(13-10(6-12)15-8)9-4-3-5-14(2)7-9/h9H,3-7,12H2,1-2H3. The lowest BCUT2D eigenvalue weighted by atomic mass is 9.94. The van der Waals surface area contributed by atoms with Gasteiger partial charge in [-0.05, 0) is 33.4 Å². The average molecular weight is 209 g/mol. The van der Waals surface area contributed by atoms with Crippen molar-refractivity contribution in [2.45, 2.75) is 32.2 Å². The van der Waals surface area contributed by atoms with Gasteiger partial charge >= 0.3 is 0 Å². The van der Waals surface area contributed by atoms with Crippen LogP contribution in [0.3, 0.4) is 0 Å². The molecule has 1 unspecified atom stereocenters. The molecule has 1 aromatic heterocycles. The maximum Gasteiger partial charge on any atom is 0.208 e. The Hall–Kier alpha value is -0.870. The van der Waals surface area contributed by atoms with Gasteiger partial charge in [0.2, 0.25) is 5.89 Å². The first-order valence-corrected chi connectivity index (χ1v) is 5.55. The summed E-state index contributed by atoms with van der Waals surface area (Å²) < 4.78 is 5.50. The predicted molar refractivity (Wildman–Crippen MR) is 58.6 cm³/mol. The summed E-state index contributed by atoms with van der Waals surface area (Å²) in [6.45, 7) is 4.65. The van der Waals surface area contributed by atoms with E-state index in [1.807, 2.05) is 6.92 Å². The van der Waals surface area contributed by atoms with E-state index >= 15 is 0 Å². The minimum atomic E-state index is 0.392. The molecule has 0 saturated carbocycles. The van der Waals surface area contributed by atoms with Crippen LogP contribution in [0.4, 0.5) is 0 Å². The molecule has 0 aromatic carbocycles. The van der Waals surface area contributed by atoms with Crippen LogP contribution in [0.5, 0.6) is 0 Å². The lowest BCUT2D eigenvalue weighted by molar-refractivity contribution is 0.247. The maximum atomic E-state index is 5.52. The fourth-order valence-corrected chi connectivity index (χ4v) is 2.32. The molecule has 0 spiro atoms. The zero-order chi connectivity index (χ0) is 10.8. The first kappa shape index (κ1) is 10.6. The van der Waals surface area contributed by atoms with Crippen LogP contribution in [-0.2, 0) is 6.54 Å². The van der Waals surface area contributed by atoms with Gasteiger partial charge in [-0.25, -0.2) is 4.98 Å². The molecule has 1 aliphatic rings. The first-order valence-electron chi connectivity index (χ1n) is 5.55. The van der Waals surface area contributed by atoms with Crippen LogP contribution in [0, 0.1) is 6.92 Å². The summed E-state index contributed by atoms with van der Waals surface area (Å²) in [5.41, 5.74) is 6.64. The Kier molecular flexibility index (Phi) is 3.07. The smallest absolute Gasteiger partial charge is 0.208 e. The Morgan fingerprint density at radius 3 is 3.00 bits per heavy atom. The normalized spacial score (nSPS) is 23.3. The Morgan fingerprint density at radius 1 is 1.60 bits per heavy atom. The highest BCUT2D eigenvalue weighted by Crippen LogP contribution is 2.28.